The third-order valence-electron chi connectivity index (χ3n) is 4.52. The van der Waals surface area contributed by atoms with E-state index in [-0.39, 0.29) is 0 Å². The molecule has 4 nitrogen and oxygen atoms in total. The van der Waals surface area contributed by atoms with Crippen LogP contribution >= 0.6 is 0 Å². The van der Waals surface area contributed by atoms with Crippen molar-refractivity contribution in [1.82, 2.24) is 14.9 Å². The molecule has 0 spiro atoms. The predicted molar refractivity (Wildman–Crippen MR) is 94.7 cm³/mol. The molecule has 23 heavy (non-hydrogen) atoms. The van der Waals surface area contributed by atoms with Gasteiger partial charge in [-0.2, -0.15) is 0 Å². The zero-order valence-corrected chi connectivity index (χ0v) is 13.3. The Morgan fingerprint density at radius 3 is 2.30 bits per heavy atom. The lowest BCUT2D eigenvalue weighted by atomic mass is 10.0. The Kier molecular flexibility index (Phi) is 3.67. The van der Waals surface area contributed by atoms with E-state index in [4.69, 9.17) is 0 Å². The van der Waals surface area contributed by atoms with Gasteiger partial charge in [0.05, 0.1) is 0 Å². The van der Waals surface area contributed by atoms with E-state index in [1.807, 2.05) is 12.4 Å². The van der Waals surface area contributed by atoms with Crippen LogP contribution in [0.2, 0.25) is 0 Å². The molecule has 0 amide bonds. The van der Waals surface area contributed by atoms with Crippen molar-refractivity contribution in [3.05, 3.63) is 54.9 Å². The van der Waals surface area contributed by atoms with Gasteiger partial charge in [0, 0.05) is 44.1 Å². The van der Waals surface area contributed by atoms with Crippen molar-refractivity contribution < 1.29 is 0 Å². The second-order valence-corrected chi connectivity index (χ2v) is 6.09. The Morgan fingerprint density at radius 1 is 0.826 bits per heavy atom. The van der Waals surface area contributed by atoms with Crippen molar-refractivity contribution in [2.45, 2.75) is 0 Å². The molecule has 0 aliphatic carbocycles. The molecule has 1 aliphatic rings. The Labute approximate surface area is 136 Å². The summed E-state index contributed by atoms with van der Waals surface area (Å²) in [6.07, 6.45) is 3.89. The molecule has 2 heterocycles. The monoisotopic (exact) mass is 304 g/mol. The minimum atomic E-state index is 0.835. The summed E-state index contributed by atoms with van der Waals surface area (Å²) in [6.45, 7) is 4.11. The molecule has 4 heteroatoms. The summed E-state index contributed by atoms with van der Waals surface area (Å²) in [7, 11) is 2.15. The molecule has 3 aromatic rings. The molecule has 2 aromatic carbocycles. The van der Waals surface area contributed by atoms with E-state index in [1.165, 1.54) is 16.3 Å². The summed E-state index contributed by atoms with van der Waals surface area (Å²) in [6, 6.07) is 14.8. The fourth-order valence-corrected chi connectivity index (χ4v) is 3.11. The standard InChI is InChI=1S/C19H20N4/c1-22-9-11-23(12-10-22)19-20-13-16(14-21-19)18-8-4-6-15-5-2-3-7-17(15)18/h2-8,13-14H,9-12H2,1H3. The van der Waals surface area contributed by atoms with Gasteiger partial charge in [-0.25, -0.2) is 9.97 Å². The van der Waals surface area contributed by atoms with Crippen molar-refractivity contribution in [2.24, 2.45) is 0 Å². The second-order valence-electron chi connectivity index (χ2n) is 6.09. The summed E-state index contributed by atoms with van der Waals surface area (Å²) in [5.74, 6) is 0.835. The van der Waals surface area contributed by atoms with E-state index in [2.05, 4.69) is 69.3 Å². The number of benzene rings is 2. The average Bonchev–Trinajstić information content (AvgIpc) is 2.62. The van der Waals surface area contributed by atoms with Gasteiger partial charge in [-0.05, 0) is 23.4 Å². The first-order valence-electron chi connectivity index (χ1n) is 8.05. The van der Waals surface area contributed by atoms with Crippen LogP contribution in [0.4, 0.5) is 5.95 Å². The van der Waals surface area contributed by atoms with Gasteiger partial charge in [0.2, 0.25) is 5.95 Å². The molecule has 0 saturated carbocycles. The minimum absolute atomic E-state index is 0.835. The molecule has 116 valence electrons. The van der Waals surface area contributed by atoms with Gasteiger partial charge in [-0.1, -0.05) is 42.5 Å². The SMILES string of the molecule is CN1CCN(c2ncc(-c3cccc4ccccc34)cn2)CC1. The molecular formula is C19H20N4. The van der Waals surface area contributed by atoms with Crippen LogP contribution in [0.1, 0.15) is 0 Å². The van der Waals surface area contributed by atoms with Crippen LogP contribution in [-0.4, -0.2) is 48.1 Å². The second kappa shape index (κ2) is 5.97. The van der Waals surface area contributed by atoms with Gasteiger partial charge in [0.1, 0.15) is 0 Å². The predicted octanol–water partition coefficient (Wildman–Crippen LogP) is 3.05. The summed E-state index contributed by atoms with van der Waals surface area (Å²) in [4.78, 5) is 13.8. The maximum Gasteiger partial charge on any atom is 0.225 e. The van der Waals surface area contributed by atoms with Gasteiger partial charge in [0.15, 0.2) is 0 Å². The maximum absolute atomic E-state index is 4.61. The lowest BCUT2D eigenvalue weighted by Gasteiger charge is -2.32. The third-order valence-corrected chi connectivity index (χ3v) is 4.52. The Balaban J connectivity index is 1.65. The number of fused-ring (bicyclic) bond motifs is 1. The highest BCUT2D eigenvalue weighted by Crippen LogP contribution is 2.28. The fourth-order valence-electron chi connectivity index (χ4n) is 3.11. The molecule has 0 N–H and O–H groups in total. The highest BCUT2D eigenvalue weighted by atomic mass is 15.3. The minimum Gasteiger partial charge on any atom is -0.338 e. The van der Waals surface area contributed by atoms with Gasteiger partial charge in [-0.3, -0.25) is 0 Å². The largest absolute Gasteiger partial charge is 0.338 e. The van der Waals surface area contributed by atoms with Crippen LogP contribution in [0.15, 0.2) is 54.9 Å². The van der Waals surface area contributed by atoms with Crippen molar-refractivity contribution >= 4 is 16.7 Å². The highest BCUT2D eigenvalue weighted by molar-refractivity contribution is 5.96. The summed E-state index contributed by atoms with van der Waals surface area (Å²) < 4.78 is 0. The number of hydrogen-bond donors (Lipinski definition) is 0. The fraction of sp³-hybridized carbons (Fsp3) is 0.263. The average molecular weight is 304 g/mol. The zero-order valence-electron chi connectivity index (χ0n) is 13.3. The summed E-state index contributed by atoms with van der Waals surface area (Å²) in [5.41, 5.74) is 2.26. The van der Waals surface area contributed by atoms with E-state index < -0.39 is 0 Å². The number of likely N-dealkylation sites (N-methyl/N-ethyl adjacent to an activating group) is 1. The van der Waals surface area contributed by atoms with E-state index >= 15 is 0 Å². The van der Waals surface area contributed by atoms with Crippen LogP contribution in [-0.2, 0) is 0 Å². The Morgan fingerprint density at radius 2 is 1.52 bits per heavy atom. The molecule has 0 atom stereocenters. The van der Waals surface area contributed by atoms with Crippen molar-refractivity contribution in [1.29, 1.82) is 0 Å². The van der Waals surface area contributed by atoms with Crippen LogP contribution in [0.5, 0.6) is 0 Å². The first-order valence-corrected chi connectivity index (χ1v) is 8.05. The molecule has 4 rings (SSSR count). The Hall–Kier alpha value is -2.46. The number of nitrogens with zero attached hydrogens (tertiary/aromatic N) is 4. The van der Waals surface area contributed by atoms with E-state index in [0.29, 0.717) is 0 Å². The first-order chi connectivity index (χ1) is 11.3. The molecule has 0 unspecified atom stereocenters. The smallest absolute Gasteiger partial charge is 0.225 e. The number of rotatable bonds is 2. The maximum atomic E-state index is 4.61. The lowest BCUT2D eigenvalue weighted by Crippen LogP contribution is -2.45. The number of aromatic nitrogens is 2. The van der Waals surface area contributed by atoms with E-state index in [1.54, 1.807) is 0 Å². The van der Waals surface area contributed by atoms with Crippen LogP contribution < -0.4 is 4.90 Å². The number of anilines is 1. The van der Waals surface area contributed by atoms with Gasteiger partial charge in [-0.15, -0.1) is 0 Å². The van der Waals surface area contributed by atoms with Crippen LogP contribution in [0.3, 0.4) is 0 Å². The third kappa shape index (κ3) is 2.78. The molecule has 1 aliphatic heterocycles. The van der Waals surface area contributed by atoms with Crippen LogP contribution in [0, 0.1) is 0 Å². The topological polar surface area (TPSA) is 32.3 Å². The lowest BCUT2D eigenvalue weighted by molar-refractivity contribution is 0.311. The normalized spacial score (nSPS) is 16.0. The first kappa shape index (κ1) is 14.2. The van der Waals surface area contributed by atoms with Crippen molar-refractivity contribution in [3.63, 3.8) is 0 Å². The van der Waals surface area contributed by atoms with Gasteiger partial charge >= 0.3 is 0 Å². The van der Waals surface area contributed by atoms with Crippen molar-refractivity contribution in [2.75, 3.05) is 38.1 Å². The van der Waals surface area contributed by atoms with Gasteiger partial charge in [0.25, 0.3) is 0 Å². The molecule has 1 fully saturated rings. The number of piperazine rings is 1. The summed E-state index contributed by atoms with van der Waals surface area (Å²) in [5, 5.41) is 2.49. The molecule has 0 radical (unpaired) electrons. The quantitative estimate of drug-likeness (QED) is 0.728. The van der Waals surface area contributed by atoms with Crippen LogP contribution in [0.25, 0.3) is 21.9 Å². The number of hydrogen-bond acceptors (Lipinski definition) is 4. The zero-order chi connectivity index (χ0) is 15.6. The van der Waals surface area contributed by atoms with Gasteiger partial charge < -0.3 is 9.80 Å². The molecular weight excluding hydrogens is 284 g/mol. The van der Waals surface area contributed by atoms with E-state index in [0.717, 1.165) is 37.7 Å². The molecule has 1 aromatic heterocycles. The Bertz CT molecular complexity index is 800. The van der Waals surface area contributed by atoms with Crippen molar-refractivity contribution in [3.8, 4) is 11.1 Å². The molecule has 1 saturated heterocycles. The molecule has 0 bridgehead atoms. The van der Waals surface area contributed by atoms with E-state index in [9.17, 15) is 0 Å². The summed E-state index contributed by atoms with van der Waals surface area (Å²) >= 11 is 0. The highest BCUT2D eigenvalue weighted by Gasteiger charge is 2.16.